The summed E-state index contributed by atoms with van der Waals surface area (Å²) in [6.45, 7) is 9.06. The highest BCUT2D eigenvalue weighted by Crippen LogP contribution is 2.36. The second-order valence-corrected chi connectivity index (χ2v) is 6.79. The molecule has 0 N–H and O–H groups in total. The van der Waals surface area contributed by atoms with Gasteiger partial charge in [0.05, 0.1) is 13.1 Å². The van der Waals surface area contributed by atoms with E-state index in [9.17, 15) is 5.21 Å². The minimum absolute atomic E-state index is 0.0312. The Kier molecular flexibility index (Phi) is 3.79. The van der Waals surface area contributed by atoms with E-state index in [1.807, 2.05) is 18.2 Å². The van der Waals surface area contributed by atoms with Crippen molar-refractivity contribution in [1.82, 2.24) is 0 Å². The van der Waals surface area contributed by atoms with Gasteiger partial charge in [-0.05, 0) is 11.3 Å². The van der Waals surface area contributed by atoms with Gasteiger partial charge in [0.15, 0.2) is 0 Å². The Balaban J connectivity index is 1.95. The van der Waals surface area contributed by atoms with Crippen molar-refractivity contribution in [3.8, 4) is 0 Å². The molecule has 0 unspecified atom stereocenters. The fourth-order valence-corrected chi connectivity index (χ4v) is 2.98. The third-order valence-corrected chi connectivity index (χ3v) is 4.31. The SMILES string of the molecule is CC(C)(C)C1CC[N+]([O-])(Cc2ccccc2)CC1. The lowest BCUT2D eigenvalue weighted by Crippen LogP contribution is -2.49. The summed E-state index contributed by atoms with van der Waals surface area (Å²) < 4.78 is -0.0312. The van der Waals surface area contributed by atoms with Gasteiger partial charge < -0.3 is 9.85 Å². The summed E-state index contributed by atoms with van der Waals surface area (Å²) in [6, 6.07) is 10.2. The van der Waals surface area contributed by atoms with E-state index in [-0.39, 0.29) is 4.65 Å². The van der Waals surface area contributed by atoms with E-state index in [1.165, 1.54) is 5.56 Å². The first-order valence-corrected chi connectivity index (χ1v) is 7.00. The number of nitrogens with zero attached hydrogens (tertiary/aromatic N) is 1. The summed E-state index contributed by atoms with van der Waals surface area (Å²) >= 11 is 0. The summed E-state index contributed by atoms with van der Waals surface area (Å²) in [5.41, 5.74) is 1.51. The highest BCUT2D eigenvalue weighted by Gasteiger charge is 2.33. The molecule has 1 saturated heterocycles. The van der Waals surface area contributed by atoms with Crippen LogP contribution in [0.15, 0.2) is 30.3 Å². The molecule has 18 heavy (non-hydrogen) atoms. The summed E-state index contributed by atoms with van der Waals surface area (Å²) in [4.78, 5) is 0. The third-order valence-electron chi connectivity index (χ3n) is 4.31. The average molecular weight is 247 g/mol. The number of hydrogen-bond donors (Lipinski definition) is 0. The van der Waals surface area contributed by atoms with Gasteiger partial charge >= 0.3 is 0 Å². The maximum absolute atomic E-state index is 12.7. The lowest BCUT2D eigenvalue weighted by atomic mass is 9.75. The molecule has 0 radical (unpaired) electrons. The van der Waals surface area contributed by atoms with Gasteiger partial charge in [-0.25, -0.2) is 0 Å². The topological polar surface area (TPSA) is 23.1 Å². The van der Waals surface area contributed by atoms with E-state index in [4.69, 9.17) is 0 Å². The molecule has 2 nitrogen and oxygen atoms in total. The lowest BCUT2D eigenvalue weighted by Gasteiger charge is -2.49. The summed E-state index contributed by atoms with van der Waals surface area (Å²) in [5.74, 6) is 0.702. The smallest absolute Gasteiger partial charge is 0.104 e. The summed E-state index contributed by atoms with van der Waals surface area (Å²) in [7, 11) is 0. The summed E-state index contributed by atoms with van der Waals surface area (Å²) in [6.07, 6.45) is 2.14. The Bertz CT molecular complexity index is 372. The van der Waals surface area contributed by atoms with E-state index >= 15 is 0 Å². The van der Waals surface area contributed by atoms with Crippen LogP contribution in [-0.2, 0) is 6.54 Å². The van der Waals surface area contributed by atoms with E-state index in [0.29, 0.717) is 17.9 Å². The first-order valence-electron chi connectivity index (χ1n) is 7.00. The molecule has 1 aliphatic rings. The van der Waals surface area contributed by atoms with Crippen LogP contribution in [0.25, 0.3) is 0 Å². The number of hydrogen-bond acceptors (Lipinski definition) is 1. The molecule has 1 aromatic rings. The molecule has 0 atom stereocenters. The van der Waals surface area contributed by atoms with E-state index in [0.717, 1.165) is 25.9 Å². The molecule has 2 heteroatoms. The van der Waals surface area contributed by atoms with Crippen molar-refractivity contribution in [3.63, 3.8) is 0 Å². The molecule has 1 aromatic carbocycles. The zero-order chi connectivity index (χ0) is 13.2. The fraction of sp³-hybridized carbons (Fsp3) is 0.625. The Morgan fingerprint density at radius 2 is 1.67 bits per heavy atom. The molecule has 1 fully saturated rings. The molecule has 0 aromatic heterocycles. The summed E-state index contributed by atoms with van der Waals surface area (Å²) in [5, 5.41) is 12.7. The highest BCUT2D eigenvalue weighted by atomic mass is 16.5. The molecule has 1 heterocycles. The third kappa shape index (κ3) is 3.33. The number of piperidine rings is 1. The van der Waals surface area contributed by atoms with E-state index in [1.54, 1.807) is 0 Å². The lowest BCUT2D eigenvalue weighted by molar-refractivity contribution is -0.900. The first kappa shape index (κ1) is 13.6. The van der Waals surface area contributed by atoms with Gasteiger partial charge in [0.2, 0.25) is 0 Å². The molecule has 0 amide bonds. The van der Waals surface area contributed by atoms with Crippen LogP contribution in [0.1, 0.15) is 39.2 Å². The highest BCUT2D eigenvalue weighted by molar-refractivity contribution is 5.13. The Labute approximate surface area is 111 Å². The molecular weight excluding hydrogens is 222 g/mol. The minimum atomic E-state index is -0.0312. The van der Waals surface area contributed by atoms with Gasteiger partial charge in [-0.15, -0.1) is 0 Å². The largest absolute Gasteiger partial charge is 0.633 e. The molecule has 0 bridgehead atoms. The fourth-order valence-electron chi connectivity index (χ4n) is 2.98. The standard InChI is InChI=1S/C16H25NO/c1-16(2,3)15-9-11-17(18,12-10-15)13-14-7-5-4-6-8-14/h4-8,15H,9-13H2,1-3H3. The van der Waals surface area contributed by atoms with Crippen LogP contribution in [-0.4, -0.2) is 17.7 Å². The predicted molar refractivity (Wildman–Crippen MR) is 75.7 cm³/mol. The van der Waals surface area contributed by atoms with Gasteiger partial charge in [-0.2, -0.15) is 0 Å². The number of likely N-dealkylation sites (tertiary alicyclic amines) is 1. The van der Waals surface area contributed by atoms with E-state index < -0.39 is 0 Å². The van der Waals surface area contributed by atoms with Gasteiger partial charge in [-0.1, -0.05) is 51.1 Å². The molecule has 1 aliphatic heterocycles. The van der Waals surface area contributed by atoms with Crippen LogP contribution >= 0.6 is 0 Å². The van der Waals surface area contributed by atoms with Crippen molar-refractivity contribution in [3.05, 3.63) is 41.1 Å². The monoisotopic (exact) mass is 247 g/mol. The van der Waals surface area contributed by atoms with E-state index in [2.05, 4.69) is 32.9 Å². The van der Waals surface area contributed by atoms with Crippen LogP contribution in [0.5, 0.6) is 0 Å². The van der Waals surface area contributed by atoms with Crippen molar-refractivity contribution in [1.29, 1.82) is 0 Å². The second-order valence-electron chi connectivity index (χ2n) is 6.79. The van der Waals surface area contributed by atoms with Crippen molar-refractivity contribution in [2.45, 2.75) is 40.2 Å². The van der Waals surface area contributed by atoms with Crippen LogP contribution in [0.4, 0.5) is 0 Å². The van der Waals surface area contributed by atoms with Crippen LogP contribution in [0.3, 0.4) is 0 Å². The van der Waals surface area contributed by atoms with Crippen molar-refractivity contribution in [2.24, 2.45) is 11.3 Å². The van der Waals surface area contributed by atoms with Crippen molar-refractivity contribution in [2.75, 3.05) is 13.1 Å². The Morgan fingerprint density at radius 1 is 1.11 bits per heavy atom. The second kappa shape index (κ2) is 5.02. The average Bonchev–Trinajstić information content (AvgIpc) is 2.29. The molecule has 2 rings (SSSR count). The van der Waals surface area contributed by atoms with Crippen molar-refractivity contribution >= 4 is 0 Å². The number of quaternary nitrogens is 1. The first-order chi connectivity index (χ1) is 8.39. The maximum Gasteiger partial charge on any atom is 0.104 e. The van der Waals surface area contributed by atoms with Crippen LogP contribution in [0.2, 0.25) is 0 Å². The van der Waals surface area contributed by atoms with Crippen LogP contribution < -0.4 is 0 Å². The van der Waals surface area contributed by atoms with Crippen molar-refractivity contribution < 1.29 is 4.65 Å². The zero-order valence-electron chi connectivity index (χ0n) is 11.9. The number of benzene rings is 1. The van der Waals surface area contributed by atoms with Gasteiger partial charge in [0, 0.05) is 18.4 Å². The molecular formula is C16H25NO. The quantitative estimate of drug-likeness (QED) is 0.573. The molecule has 0 saturated carbocycles. The zero-order valence-corrected chi connectivity index (χ0v) is 11.9. The predicted octanol–water partition coefficient (Wildman–Crippen LogP) is 3.96. The van der Waals surface area contributed by atoms with Gasteiger partial charge in [0.1, 0.15) is 6.54 Å². The maximum atomic E-state index is 12.7. The number of hydroxylamine groups is 3. The minimum Gasteiger partial charge on any atom is -0.633 e. The molecule has 0 aliphatic carbocycles. The number of rotatable bonds is 2. The normalized spacial score (nSPS) is 29.2. The molecule has 100 valence electrons. The Morgan fingerprint density at radius 3 is 2.17 bits per heavy atom. The molecule has 0 spiro atoms. The van der Waals surface area contributed by atoms with Gasteiger partial charge in [-0.3, -0.25) is 0 Å². The van der Waals surface area contributed by atoms with Crippen LogP contribution in [0, 0.1) is 16.5 Å². The van der Waals surface area contributed by atoms with Gasteiger partial charge in [0.25, 0.3) is 0 Å². The Hall–Kier alpha value is -0.860.